The van der Waals surface area contributed by atoms with Gasteiger partial charge in [0.25, 0.3) is 5.56 Å². The maximum atomic E-state index is 12.8. The van der Waals surface area contributed by atoms with Crippen LogP contribution in [0.3, 0.4) is 0 Å². The summed E-state index contributed by atoms with van der Waals surface area (Å²) in [4.78, 5) is 27.9. The molecule has 0 saturated carbocycles. The molecule has 3 aromatic rings. The fourth-order valence-electron chi connectivity index (χ4n) is 2.65. The van der Waals surface area contributed by atoms with Crippen molar-refractivity contribution in [1.82, 2.24) is 9.66 Å². The lowest BCUT2D eigenvalue weighted by Gasteiger charge is -2.09. The van der Waals surface area contributed by atoms with Crippen molar-refractivity contribution in [2.24, 2.45) is 5.10 Å². The van der Waals surface area contributed by atoms with E-state index in [1.165, 1.54) is 18.3 Å². The second-order valence-corrected chi connectivity index (χ2v) is 7.07. The zero-order valence-electron chi connectivity index (χ0n) is 14.8. The molecule has 1 aromatic heterocycles. The van der Waals surface area contributed by atoms with Crippen LogP contribution in [-0.2, 0) is 0 Å². The highest BCUT2D eigenvalue weighted by Gasteiger charge is 2.20. The van der Waals surface area contributed by atoms with Crippen LogP contribution < -0.4 is 10.3 Å². The standard InChI is InChI=1S/C18H14BrClN4O4/c1-3-28-17-11(6-13(20)8-16(17)24(26)27)9-21-23-10(2)22-15-5-4-12(19)7-14(15)18(23)25/h4-9H,3H2,1-2H3. The largest absolute Gasteiger partial charge is 0.487 e. The summed E-state index contributed by atoms with van der Waals surface area (Å²) in [7, 11) is 0. The molecule has 0 aliphatic heterocycles. The van der Waals surface area contributed by atoms with E-state index >= 15 is 0 Å². The maximum absolute atomic E-state index is 12.8. The second kappa shape index (κ2) is 8.07. The number of hydrogen-bond donors (Lipinski definition) is 0. The Bertz CT molecular complexity index is 1180. The van der Waals surface area contributed by atoms with E-state index in [0.717, 1.165) is 9.15 Å². The first-order chi connectivity index (χ1) is 13.3. The summed E-state index contributed by atoms with van der Waals surface area (Å²) in [6, 6.07) is 7.87. The van der Waals surface area contributed by atoms with Gasteiger partial charge in [-0.15, -0.1) is 0 Å². The molecule has 1 heterocycles. The van der Waals surface area contributed by atoms with Crippen molar-refractivity contribution in [3.05, 3.63) is 71.7 Å². The Kier molecular flexibility index (Phi) is 5.76. The molecule has 28 heavy (non-hydrogen) atoms. The lowest BCUT2D eigenvalue weighted by atomic mass is 10.2. The van der Waals surface area contributed by atoms with Crippen LogP contribution in [0.15, 0.2) is 44.7 Å². The van der Waals surface area contributed by atoms with E-state index in [2.05, 4.69) is 26.0 Å². The summed E-state index contributed by atoms with van der Waals surface area (Å²) < 4.78 is 7.28. The van der Waals surface area contributed by atoms with Crippen molar-refractivity contribution >= 4 is 50.3 Å². The fourth-order valence-corrected chi connectivity index (χ4v) is 3.23. The smallest absolute Gasteiger partial charge is 0.313 e. The van der Waals surface area contributed by atoms with Gasteiger partial charge in [-0.1, -0.05) is 27.5 Å². The lowest BCUT2D eigenvalue weighted by molar-refractivity contribution is -0.385. The minimum Gasteiger partial charge on any atom is -0.487 e. The predicted octanol–water partition coefficient (Wildman–Crippen LogP) is 4.31. The van der Waals surface area contributed by atoms with E-state index in [4.69, 9.17) is 16.3 Å². The molecule has 0 unspecified atom stereocenters. The summed E-state index contributed by atoms with van der Waals surface area (Å²) in [6.45, 7) is 3.57. The summed E-state index contributed by atoms with van der Waals surface area (Å²) in [5.41, 5.74) is 0.183. The van der Waals surface area contributed by atoms with E-state index in [1.54, 1.807) is 32.0 Å². The average molecular weight is 466 g/mol. The van der Waals surface area contributed by atoms with Crippen LogP contribution >= 0.6 is 27.5 Å². The first-order valence-corrected chi connectivity index (χ1v) is 9.33. The number of nitrogens with zero attached hydrogens (tertiary/aromatic N) is 4. The van der Waals surface area contributed by atoms with Gasteiger partial charge in [0.15, 0.2) is 0 Å². The van der Waals surface area contributed by atoms with Crippen molar-refractivity contribution < 1.29 is 9.66 Å². The summed E-state index contributed by atoms with van der Waals surface area (Å²) >= 11 is 9.33. The average Bonchev–Trinajstić information content (AvgIpc) is 2.64. The van der Waals surface area contributed by atoms with E-state index in [1.807, 2.05) is 0 Å². The number of benzene rings is 2. The Labute approximate surface area is 172 Å². The van der Waals surface area contributed by atoms with Gasteiger partial charge in [-0.05, 0) is 38.1 Å². The quantitative estimate of drug-likeness (QED) is 0.317. The van der Waals surface area contributed by atoms with Crippen molar-refractivity contribution in [3.8, 4) is 5.75 Å². The minimum absolute atomic E-state index is 0.0304. The third-order valence-electron chi connectivity index (χ3n) is 3.83. The highest BCUT2D eigenvalue weighted by molar-refractivity contribution is 9.10. The molecule has 0 bridgehead atoms. The summed E-state index contributed by atoms with van der Waals surface area (Å²) in [5, 5.41) is 16.0. The predicted molar refractivity (Wildman–Crippen MR) is 111 cm³/mol. The highest BCUT2D eigenvalue weighted by atomic mass is 79.9. The van der Waals surface area contributed by atoms with E-state index < -0.39 is 4.92 Å². The lowest BCUT2D eigenvalue weighted by Crippen LogP contribution is -2.20. The third-order valence-corrected chi connectivity index (χ3v) is 4.54. The first-order valence-electron chi connectivity index (χ1n) is 8.15. The maximum Gasteiger partial charge on any atom is 0.313 e. The number of halogens is 2. The Balaban J connectivity index is 2.17. The van der Waals surface area contributed by atoms with Crippen LogP contribution in [0.4, 0.5) is 5.69 Å². The monoisotopic (exact) mass is 464 g/mol. The molecule has 3 rings (SSSR count). The number of ether oxygens (including phenoxy) is 1. The zero-order chi connectivity index (χ0) is 20.4. The summed E-state index contributed by atoms with van der Waals surface area (Å²) in [5.74, 6) is 0.397. The molecule has 0 fully saturated rings. The molecule has 0 aliphatic rings. The van der Waals surface area contributed by atoms with Gasteiger partial charge in [0.1, 0.15) is 5.82 Å². The van der Waals surface area contributed by atoms with Crippen molar-refractivity contribution in [2.75, 3.05) is 6.61 Å². The van der Waals surface area contributed by atoms with Crippen molar-refractivity contribution in [1.29, 1.82) is 0 Å². The van der Waals surface area contributed by atoms with E-state index in [9.17, 15) is 14.9 Å². The molecule has 0 amide bonds. The molecular formula is C18H14BrClN4O4. The molecule has 0 radical (unpaired) electrons. The molecule has 144 valence electrons. The Hall–Kier alpha value is -2.78. The Morgan fingerprint density at radius 1 is 1.39 bits per heavy atom. The normalized spacial score (nSPS) is 11.3. The minimum atomic E-state index is -0.583. The van der Waals surface area contributed by atoms with Gasteiger partial charge in [0.05, 0.1) is 28.6 Å². The van der Waals surface area contributed by atoms with E-state index in [0.29, 0.717) is 16.7 Å². The number of nitro groups is 1. The second-order valence-electron chi connectivity index (χ2n) is 5.72. The highest BCUT2D eigenvalue weighted by Crippen LogP contribution is 2.33. The topological polar surface area (TPSA) is 99.6 Å². The molecule has 8 nitrogen and oxygen atoms in total. The van der Waals surface area contributed by atoms with Crippen molar-refractivity contribution in [2.45, 2.75) is 13.8 Å². The third kappa shape index (κ3) is 3.90. The Morgan fingerprint density at radius 2 is 2.14 bits per heavy atom. The van der Waals surface area contributed by atoms with Gasteiger partial charge in [-0.3, -0.25) is 14.9 Å². The van der Waals surface area contributed by atoms with Crippen LogP contribution in [-0.4, -0.2) is 27.4 Å². The molecule has 0 N–H and O–H groups in total. The van der Waals surface area contributed by atoms with Gasteiger partial charge in [-0.2, -0.15) is 9.78 Å². The number of hydrogen-bond acceptors (Lipinski definition) is 6. The van der Waals surface area contributed by atoms with Gasteiger partial charge in [0, 0.05) is 21.1 Å². The van der Waals surface area contributed by atoms with Crippen molar-refractivity contribution in [3.63, 3.8) is 0 Å². The fraction of sp³-hybridized carbons (Fsp3) is 0.167. The number of aryl methyl sites for hydroxylation is 1. The summed E-state index contributed by atoms with van der Waals surface area (Å²) in [6.07, 6.45) is 1.30. The molecule has 0 saturated heterocycles. The number of rotatable bonds is 5. The van der Waals surface area contributed by atoms with Gasteiger partial charge in [-0.25, -0.2) is 4.98 Å². The van der Waals surface area contributed by atoms with Crippen LogP contribution in [0.1, 0.15) is 18.3 Å². The molecule has 0 aliphatic carbocycles. The van der Waals surface area contributed by atoms with Crippen LogP contribution in [0, 0.1) is 17.0 Å². The Morgan fingerprint density at radius 3 is 2.82 bits per heavy atom. The molecule has 2 aromatic carbocycles. The SMILES string of the molecule is CCOc1c(C=Nn2c(C)nc3ccc(Br)cc3c2=O)cc(Cl)cc1[N+](=O)[O-]. The molecule has 10 heteroatoms. The molecular weight excluding hydrogens is 452 g/mol. The number of nitro benzene ring substituents is 1. The van der Waals surface area contributed by atoms with Gasteiger partial charge < -0.3 is 4.74 Å². The van der Waals surface area contributed by atoms with E-state index in [-0.39, 0.29) is 34.2 Å². The zero-order valence-corrected chi connectivity index (χ0v) is 17.2. The molecule has 0 spiro atoms. The number of fused-ring (bicyclic) bond motifs is 1. The number of aromatic nitrogens is 2. The van der Waals surface area contributed by atoms with Crippen LogP contribution in [0.2, 0.25) is 5.02 Å². The first kappa shape index (κ1) is 20.0. The van der Waals surface area contributed by atoms with Crippen LogP contribution in [0.25, 0.3) is 10.9 Å². The van der Waals surface area contributed by atoms with Crippen LogP contribution in [0.5, 0.6) is 5.75 Å². The molecule has 0 atom stereocenters. The van der Waals surface area contributed by atoms with Gasteiger partial charge in [0.2, 0.25) is 5.75 Å². The van der Waals surface area contributed by atoms with Gasteiger partial charge >= 0.3 is 5.69 Å².